The fourth-order valence-corrected chi connectivity index (χ4v) is 0.763. The SMILES string of the molecule is C.C.C.C.C.C.C.C.C=C(C)C(=O)OCC(C)O.C=C(C)C(=O)OCCO.C=C(C)C(=O)OCO. The van der Waals surface area contributed by atoms with Gasteiger partial charge in [0.25, 0.3) is 0 Å². The van der Waals surface area contributed by atoms with Crippen LogP contribution in [0.3, 0.4) is 0 Å². The standard InChI is InChI=1S/C7H12O3.C6H10O3.C5H8O3.8CH4/c1-5(2)7(9)10-4-6(3)8;1-5(2)6(8)9-4-3-7;1-4(2)5(7)8-3-6;;;;;;;;/h6,8H,1,4H2,2-3H3;7H,1,3-4H2,2H3;6H,1,3H2,2H3;8*1H4. The Bertz CT molecular complexity index is 511. The summed E-state index contributed by atoms with van der Waals surface area (Å²) < 4.78 is 13.2. The number of ether oxygens (including phenoxy) is 3. The van der Waals surface area contributed by atoms with E-state index in [1.54, 1.807) is 20.8 Å². The minimum absolute atomic E-state index is 0. The molecule has 35 heavy (non-hydrogen) atoms. The van der Waals surface area contributed by atoms with Crippen LogP contribution < -0.4 is 0 Å². The number of aliphatic hydroxyl groups excluding tert-OH is 3. The van der Waals surface area contributed by atoms with Crippen molar-refractivity contribution in [3.63, 3.8) is 0 Å². The molecule has 9 heteroatoms. The van der Waals surface area contributed by atoms with E-state index in [9.17, 15) is 14.4 Å². The average Bonchev–Trinajstić information content (AvgIpc) is 2.58. The van der Waals surface area contributed by atoms with Gasteiger partial charge >= 0.3 is 17.9 Å². The summed E-state index contributed by atoms with van der Waals surface area (Å²) in [6.07, 6.45) is -0.608. The third-order valence-electron chi connectivity index (χ3n) is 2.02. The van der Waals surface area contributed by atoms with Gasteiger partial charge in [-0.05, 0) is 27.7 Å². The summed E-state index contributed by atoms with van der Waals surface area (Å²) in [5.74, 6) is -1.47. The van der Waals surface area contributed by atoms with Gasteiger partial charge in [-0.2, -0.15) is 0 Å². The molecule has 0 amide bonds. The molecule has 9 nitrogen and oxygen atoms in total. The molecule has 0 aromatic carbocycles. The van der Waals surface area contributed by atoms with Crippen LogP contribution in [0.4, 0.5) is 0 Å². The van der Waals surface area contributed by atoms with Gasteiger partial charge in [-0.3, -0.25) is 0 Å². The van der Waals surface area contributed by atoms with E-state index in [4.69, 9.17) is 15.3 Å². The van der Waals surface area contributed by atoms with Gasteiger partial charge in [0.2, 0.25) is 0 Å². The van der Waals surface area contributed by atoms with E-state index < -0.39 is 30.8 Å². The molecule has 0 aromatic heterocycles. The highest BCUT2D eigenvalue weighted by Crippen LogP contribution is 1.93. The molecule has 220 valence electrons. The minimum atomic E-state index is -0.608. The number of carbonyl (C=O) groups excluding carboxylic acids is 3. The van der Waals surface area contributed by atoms with E-state index in [1.807, 2.05) is 0 Å². The van der Waals surface area contributed by atoms with Crippen molar-refractivity contribution < 1.29 is 43.9 Å². The van der Waals surface area contributed by atoms with Crippen LogP contribution in [0, 0.1) is 0 Å². The first-order chi connectivity index (χ1) is 12.4. The molecule has 0 fully saturated rings. The maximum absolute atomic E-state index is 10.6. The van der Waals surface area contributed by atoms with Gasteiger partial charge in [0.15, 0.2) is 6.79 Å². The largest absolute Gasteiger partial charge is 0.460 e. The molecule has 0 spiro atoms. The van der Waals surface area contributed by atoms with Crippen LogP contribution in [0.25, 0.3) is 0 Å². The summed E-state index contributed by atoms with van der Waals surface area (Å²) in [6, 6.07) is 0. The second kappa shape index (κ2) is 45.1. The molecule has 0 aliphatic heterocycles. The molecule has 3 N–H and O–H groups in total. The summed E-state index contributed by atoms with van der Waals surface area (Å²) in [5, 5.41) is 24.9. The Morgan fingerprint density at radius 3 is 1.14 bits per heavy atom. The molecule has 0 saturated heterocycles. The van der Waals surface area contributed by atoms with Crippen molar-refractivity contribution in [1.82, 2.24) is 0 Å². The number of aliphatic hydroxyl groups is 3. The smallest absolute Gasteiger partial charge is 0.335 e. The molecule has 1 unspecified atom stereocenters. The van der Waals surface area contributed by atoms with Gasteiger partial charge in [0.1, 0.15) is 13.2 Å². The summed E-state index contributed by atoms with van der Waals surface area (Å²) in [7, 11) is 0. The zero-order chi connectivity index (χ0) is 22.0. The van der Waals surface area contributed by atoms with Gasteiger partial charge < -0.3 is 29.5 Å². The molecular formula is C26H62O9. The number of hydrogen-bond acceptors (Lipinski definition) is 9. The monoisotopic (exact) mass is 518 g/mol. The molecule has 0 aliphatic carbocycles. The third kappa shape index (κ3) is 59.3. The van der Waals surface area contributed by atoms with Crippen molar-refractivity contribution in [1.29, 1.82) is 0 Å². The lowest BCUT2D eigenvalue weighted by Gasteiger charge is -2.04. The normalized spacial score (nSPS) is 7.63. The molecule has 0 heterocycles. The maximum Gasteiger partial charge on any atom is 0.335 e. The molecule has 1 atom stereocenters. The van der Waals surface area contributed by atoms with E-state index in [0.29, 0.717) is 16.7 Å². The average molecular weight is 519 g/mol. The van der Waals surface area contributed by atoms with Crippen LogP contribution in [0.15, 0.2) is 36.5 Å². The van der Waals surface area contributed by atoms with E-state index >= 15 is 0 Å². The Labute approximate surface area is 218 Å². The van der Waals surface area contributed by atoms with Gasteiger partial charge in [0, 0.05) is 16.7 Å². The van der Waals surface area contributed by atoms with Crippen molar-refractivity contribution >= 4 is 17.9 Å². The Kier molecular flexibility index (Phi) is 89.8. The minimum Gasteiger partial charge on any atom is -0.460 e. The first kappa shape index (κ1) is 69.8. The quantitative estimate of drug-likeness (QED) is 0.159. The second-order valence-corrected chi connectivity index (χ2v) is 5.21. The predicted molar refractivity (Wildman–Crippen MR) is 152 cm³/mol. The van der Waals surface area contributed by atoms with Crippen LogP contribution in [-0.2, 0) is 28.6 Å². The fraction of sp³-hybridized carbons (Fsp3) is 0.654. The lowest BCUT2D eigenvalue weighted by molar-refractivity contribution is -0.147. The number of hydrogen-bond donors (Lipinski definition) is 3. The number of esters is 3. The molecule has 0 aliphatic rings. The Morgan fingerprint density at radius 1 is 0.657 bits per heavy atom. The third-order valence-corrected chi connectivity index (χ3v) is 2.02. The van der Waals surface area contributed by atoms with Crippen molar-refractivity contribution in [2.45, 2.75) is 93.2 Å². The Morgan fingerprint density at radius 2 is 0.943 bits per heavy atom. The van der Waals surface area contributed by atoms with Crippen LogP contribution in [0.5, 0.6) is 0 Å². The van der Waals surface area contributed by atoms with Gasteiger partial charge in [-0.25, -0.2) is 14.4 Å². The Hall–Kier alpha value is -2.49. The number of carbonyl (C=O) groups is 3. The highest BCUT2D eigenvalue weighted by atomic mass is 16.6. The first-order valence-electron chi connectivity index (χ1n) is 7.78. The number of rotatable bonds is 8. The zero-order valence-corrected chi connectivity index (χ0v) is 16.3. The van der Waals surface area contributed by atoms with Crippen molar-refractivity contribution in [3.05, 3.63) is 36.5 Å². The van der Waals surface area contributed by atoms with Crippen molar-refractivity contribution in [3.8, 4) is 0 Å². The van der Waals surface area contributed by atoms with E-state index in [-0.39, 0.29) is 79.2 Å². The Balaban J connectivity index is -0.0000000247. The van der Waals surface area contributed by atoms with E-state index in [2.05, 4.69) is 33.9 Å². The van der Waals surface area contributed by atoms with Crippen molar-refractivity contribution in [2.75, 3.05) is 26.6 Å². The molecule has 0 aromatic rings. The first-order valence-corrected chi connectivity index (χ1v) is 7.78. The summed E-state index contributed by atoms with van der Waals surface area (Å²) in [4.78, 5) is 31.3. The summed E-state index contributed by atoms with van der Waals surface area (Å²) >= 11 is 0. The molecule has 0 rings (SSSR count). The zero-order valence-electron chi connectivity index (χ0n) is 16.3. The molecule has 0 radical (unpaired) electrons. The van der Waals surface area contributed by atoms with Crippen LogP contribution in [-0.4, -0.2) is 65.9 Å². The van der Waals surface area contributed by atoms with Crippen LogP contribution >= 0.6 is 0 Å². The van der Waals surface area contributed by atoms with Gasteiger partial charge in [0.05, 0.1) is 12.7 Å². The molecule has 0 saturated carbocycles. The summed E-state index contributed by atoms with van der Waals surface area (Å²) in [5.41, 5.74) is 0.989. The van der Waals surface area contributed by atoms with Gasteiger partial charge in [-0.1, -0.05) is 79.2 Å². The topological polar surface area (TPSA) is 140 Å². The maximum atomic E-state index is 10.6. The van der Waals surface area contributed by atoms with E-state index in [0.717, 1.165) is 0 Å². The van der Waals surface area contributed by atoms with E-state index in [1.165, 1.54) is 6.92 Å². The van der Waals surface area contributed by atoms with Crippen molar-refractivity contribution in [2.24, 2.45) is 0 Å². The molecular weight excluding hydrogens is 456 g/mol. The fourth-order valence-electron chi connectivity index (χ4n) is 0.763. The van der Waals surface area contributed by atoms with Crippen LogP contribution in [0.2, 0.25) is 0 Å². The van der Waals surface area contributed by atoms with Crippen LogP contribution in [0.1, 0.15) is 87.1 Å². The lowest BCUT2D eigenvalue weighted by atomic mass is 10.3. The molecule has 0 bridgehead atoms. The predicted octanol–water partition coefficient (Wildman–Crippen LogP) is 5.73. The highest BCUT2D eigenvalue weighted by molar-refractivity contribution is 5.87. The highest BCUT2D eigenvalue weighted by Gasteiger charge is 2.04. The lowest BCUT2D eigenvalue weighted by Crippen LogP contribution is -2.15. The van der Waals surface area contributed by atoms with Gasteiger partial charge in [-0.15, -0.1) is 0 Å². The second-order valence-electron chi connectivity index (χ2n) is 5.21. The summed E-state index contributed by atoms with van der Waals surface area (Å²) in [6.45, 7) is 15.6.